The lowest BCUT2D eigenvalue weighted by Crippen LogP contribution is -2.36. The van der Waals surface area contributed by atoms with Gasteiger partial charge in [-0.05, 0) is 37.6 Å². The van der Waals surface area contributed by atoms with Crippen molar-refractivity contribution in [3.63, 3.8) is 0 Å². The molecule has 2 nitrogen and oxygen atoms in total. The van der Waals surface area contributed by atoms with Crippen molar-refractivity contribution < 1.29 is 0 Å². The van der Waals surface area contributed by atoms with Crippen molar-refractivity contribution in [3.05, 3.63) is 33.8 Å². The van der Waals surface area contributed by atoms with Crippen molar-refractivity contribution in [1.29, 1.82) is 0 Å². The molecule has 1 saturated heterocycles. The summed E-state index contributed by atoms with van der Waals surface area (Å²) < 4.78 is 0. The molecule has 94 valence electrons. The van der Waals surface area contributed by atoms with E-state index in [1.807, 2.05) is 18.2 Å². The number of benzene rings is 1. The van der Waals surface area contributed by atoms with E-state index in [1.165, 1.54) is 6.42 Å². The van der Waals surface area contributed by atoms with Crippen LogP contribution in [0.1, 0.15) is 18.9 Å². The smallest absolute Gasteiger partial charge is 0.0465 e. The molecule has 0 aliphatic carbocycles. The summed E-state index contributed by atoms with van der Waals surface area (Å²) in [4.78, 5) is 2.47. The van der Waals surface area contributed by atoms with Crippen molar-refractivity contribution in [1.82, 2.24) is 10.2 Å². The zero-order valence-electron chi connectivity index (χ0n) is 10.0. The lowest BCUT2D eigenvalue weighted by atomic mass is 10.1. The van der Waals surface area contributed by atoms with Gasteiger partial charge in [0.05, 0.1) is 0 Å². The molecule has 0 bridgehead atoms. The quantitative estimate of drug-likeness (QED) is 0.890. The van der Waals surface area contributed by atoms with Gasteiger partial charge >= 0.3 is 0 Å². The molecule has 0 spiro atoms. The van der Waals surface area contributed by atoms with Gasteiger partial charge in [0.15, 0.2) is 0 Å². The third kappa shape index (κ3) is 3.59. The molecule has 0 saturated carbocycles. The molecule has 1 aliphatic rings. The topological polar surface area (TPSA) is 15.3 Å². The van der Waals surface area contributed by atoms with Gasteiger partial charge in [0.2, 0.25) is 0 Å². The van der Waals surface area contributed by atoms with Crippen LogP contribution in [0.15, 0.2) is 18.2 Å². The van der Waals surface area contributed by atoms with Gasteiger partial charge in [0.1, 0.15) is 0 Å². The van der Waals surface area contributed by atoms with Crippen LogP contribution in [0.4, 0.5) is 0 Å². The fourth-order valence-electron chi connectivity index (χ4n) is 2.17. The number of hydrogen-bond acceptors (Lipinski definition) is 2. The minimum Gasteiger partial charge on any atom is -0.315 e. The zero-order chi connectivity index (χ0) is 12.3. The highest BCUT2D eigenvalue weighted by Crippen LogP contribution is 2.23. The number of rotatable bonds is 2. The van der Waals surface area contributed by atoms with Crippen LogP contribution < -0.4 is 5.32 Å². The third-order valence-electron chi connectivity index (χ3n) is 3.25. The molecule has 1 aromatic rings. The van der Waals surface area contributed by atoms with Crippen molar-refractivity contribution in [2.75, 3.05) is 19.6 Å². The van der Waals surface area contributed by atoms with Crippen molar-refractivity contribution in [3.8, 4) is 0 Å². The molecule has 17 heavy (non-hydrogen) atoms. The Morgan fingerprint density at radius 1 is 1.41 bits per heavy atom. The van der Waals surface area contributed by atoms with Crippen LogP contribution in [-0.4, -0.2) is 30.6 Å². The summed E-state index contributed by atoms with van der Waals surface area (Å²) in [5.41, 5.74) is 1.16. The summed E-state index contributed by atoms with van der Waals surface area (Å²) in [6.45, 7) is 6.43. The van der Waals surface area contributed by atoms with Gasteiger partial charge in [-0.2, -0.15) is 0 Å². The van der Waals surface area contributed by atoms with E-state index in [0.717, 1.165) is 36.8 Å². The standard InChI is InChI=1S/C13H18Cl2N2/c1-10-8-16-5-2-6-17(10)9-11-3-4-12(14)7-13(11)15/h3-4,7,10,16H,2,5-6,8-9H2,1H3. The molecule has 4 heteroatoms. The molecule has 1 unspecified atom stereocenters. The Morgan fingerprint density at radius 2 is 2.24 bits per heavy atom. The van der Waals surface area contributed by atoms with Gasteiger partial charge in [-0.15, -0.1) is 0 Å². The summed E-state index contributed by atoms with van der Waals surface area (Å²) in [7, 11) is 0. The SMILES string of the molecule is CC1CNCCCN1Cc1ccc(Cl)cc1Cl. The highest BCUT2D eigenvalue weighted by atomic mass is 35.5. The minimum atomic E-state index is 0.546. The first-order valence-electron chi connectivity index (χ1n) is 6.05. The molecular weight excluding hydrogens is 255 g/mol. The lowest BCUT2D eigenvalue weighted by Gasteiger charge is -2.27. The van der Waals surface area contributed by atoms with E-state index >= 15 is 0 Å². The lowest BCUT2D eigenvalue weighted by molar-refractivity contribution is 0.214. The van der Waals surface area contributed by atoms with Gasteiger partial charge in [0, 0.05) is 35.7 Å². The van der Waals surface area contributed by atoms with Gasteiger partial charge in [0.25, 0.3) is 0 Å². The molecule has 1 aliphatic heterocycles. The summed E-state index contributed by atoms with van der Waals surface area (Å²) in [5, 5.41) is 4.90. The zero-order valence-corrected chi connectivity index (χ0v) is 11.6. The third-order valence-corrected chi connectivity index (χ3v) is 3.84. The summed E-state index contributed by atoms with van der Waals surface area (Å²) in [6.07, 6.45) is 1.19. The Hall–Kier alpha value is -0.280. The van der Waals surface area contributed by atoms with Gasteiger partial charge in [-0.3, -0.25) is 4.90 Å². The van der Waals surface area contributed by atoms with Crippen molar-refractivity contribution in [2.24, 2.45) is 0 Å². The highest BCUT2D eigenvalue weighted by Gasteiger charge is 2.17. The molecule has 0 aromatic heterocycles. The van der Waals surface area contributed by atoms with Crippen LogP contribution in [0.3, 0.4) is 0 Å². The summed E-state index contributed by atoms with van der Waals surface area (Å²) in [6, 6.07) is 6.29. The molecule has 1 aromatic carbocycles. The first-order valence-corrected chi connectivity index (χ1v) is 6.81. The first kappa shape index (κ1) is 13.2. The second kappa shape index (κ2) is 6.05. The van der Waals surface area contributed by atoms with Crippen molar-refractivity contribution in [2.45, 2.75) is 25.9 Å². The number of hydrogen-bond donors (Lipinski definition) is 1. The van der Waals surface area contributed by atoms with Crippen molar-refractivity contribution >= 4 is 23.2 Å². The van der Waals surface area contributed by atoms with E-state index in [2.05, 4.69) is 17.1 Å². The van der Waals surface area contributed by atoms with Crippen LogP contribution in [0.25, 0.3) is 0 Å². The van der Waals surface area contributed by atoms with E-state index in [-0.39, 0.29) is 0 Å². The first-order chi connectivity index (χ1) is 8.16. The Kier molecular flexibility index (Phi) is 4.69. The van der Waals surface area contributed by atoms with Crippen LogP contribution in [0.5, 0.6) is 0 Å². The Labute approximate surface area is 113 Å². The maximum atomic E-state index is 6.21. The number of halogens is 2. The fourth-order valence-corrected chi connectivity index (χ4v) is 2.64. The minimum absolute atomic E-state index is 0.546. The monoisotopic (exact) mass is 272 g/mol. The van der Waals surface area contributed by atoms with E-state index in [9.17, 15) is 0 Å². The molecule has 2 rings (SSSR count). The molecule has 0 amide bonds. The van der Waals surface area contributed by atoms with E-state index in [0.29, 0.717) is 11.1 Å². The second-order valence-corrected chi connectivity index (χ2v) is 5.46. The predicted octanol–water partition coefficient (Wildman–Crippen LogP) is 3.18. The van der Waals surface area contributed by atoms with Gasteiger partial charge in [-0.25, -0.2) is 0 Å². The summed E-state index contributed by atoms with van der Waals surface area (Å²) >= 11 is 12.1. The molecular formula is C13H18Cl2N2. The van der Waals surface area contributed by atoms with Crippen LogP contribution in [-0.2, 0) is 6.54 Å². The highest BCUT2D eigenvalue weighted by molar-refractivity contribution is 6.35. The average molecular weight is 273 g/mol. The Morgan fingerprint density at radius 3 is 3.00 bits per heavy atom. The number of nitrogens with zero attached hydrogens (tertiary/aromatic N) is 1. The largest absolute Gasteiger partial charge is 0.315 e. The van der Waals surface area contributed by atoms with Crippen LogP contribution in [0, 0.1) is 0 Å². The van der Waals surface area contributed by atoms with E-state index < -0.39 is 0 Å². The summed E-state index contributed by atoms with van der Waals surface area (Å²) in [5.74, 6) is 0. The van der Waals surface area contributed by atoms with Crippen LogP contribution >= 0.6 is 23.2 Å². The van der Waals surface area contributed by atoms with E-state index in [4.69, 9.17) is 23.2 Å². The number of nitrogens with one attached hydrogen (secondary N) is 1. The van der Waals surface area contributed by atoms with Gasteiger partial charge < -0.3 is 5.32 Å². The van der Waals surface area contributed by atoms with E-state index in [1.54, 1.807) is 0 Å². The molecule has 1 atom stereocenters. The molecule has 1 heterocycles. The Balaban J connectivity index is 2.08. The second-order valence-electron chi connectivity index (χ2n) is 4.61. The molecule has 0 radical (unpaired) electrons. The van der Waals surface area contributed by atoms with Gasteiger partial charge in [-0.1, -0.05) is 29.3 Å². The van der Waals surface area contributed by atoms with Crippen LogP contribution in [0.2, 0.25) is 10.0 Å². The maximum absolute atomic E-state index is 6.21. The normalized spacial score (nSPS) is 22.4. The average Bonchev–Trinajstić information content (AvgIpc) is 2.48. The maximum Gasteiger partial charge on any atom is 0.0465 e. The molecule has 1 fully saturated rings. The predicted molar refractivity (Wildman–Crippen MR) is 73.8 cm³/mol. The fraction of sp³-hybridized carbons (Fsp3) is 0.538. The Bertz CT molecular complexity index is 382. The molecule has 1 N–H and O–H groups in total.